The van der Waals surface area contributed by atoms with Crippen LogP contribution in [0.4, 0.5) is 15.8 Å². The number of carbonyl (C=O) groups is 1. The van der Waals surface area contributed by atoms with Gasteiger partial charge in [-0.2, -0.15) is 0 Å². The van der Waals surface area contributed by atoms with Crippen LogP contribution in [0.25, 0.3) is 0 Å². The normalized spacial score (nSPS) is 11.1. The second-order valence-electron chi connectivity index (χ2n) is 5.82. The maximum atomic E-state index is 13.3. The van der Waals surface area contributed by atoms with Crippen LogP contribution in [-0.2, 0) is 14.8 Å². The minimum atomic E-state index is -4.01. The molecule has 0 saturated carbocycles. The summed E-state index contributed by atoms with van der Waals surface area (Å²) in [6, 6.07) is 12.6. The number of ether oxygens (including phenoxy) is 1. The zero-order valence-electron chi connectivity index (χ0n) is 15.1. The molecule has 1 N–H and O–H groups in total. The van der Waals surface area contributed by atoms with Crippen molar-refractivity contribution in [1.82, 2.24) is 0 Å². The van der Waals surface area contributed by atoms with Gasteiger partial charge in [0, 0.05) is 5.69 Å². The van der Waals surface area contributed by atoms with Crippen LogP contribution in [0.5, 0.6) is 5.75 Å². The summed E-state index contributed by atoms with van der Waals surface area (Å²) in [6.07, 6.45) is 0. The molecule has 29 heavy (non-hydrogen) atoms. The summed E-state index contributed by atoms with van der Waals surface area (Å²) < 4.78 is 45.4. The molecule has 0 aliphatic heterocycles. The maximum absolute atomic E-state index is 13.3. The number of hydrogen-bond acceptors (Lipinski definition) is 5. The number of halogens is 2. The van der Waals surface area contributed by atoms with E-state index in [1.165, 1.54) is 31.4 Å². The fourth-order valence-electron chi connectivity index (χ4n) is 2.52. The van der Waals surface area contributed by atoms with Crippen LogP contribution in [-0.4, -0.2) is 28.0 Å². The van der Waals surface area contributed by atoms with Gasteiger partial charge in [-0.05, 0) is 53.9 Å². The summed E-state index contributed by atoms with van der Waals surface area (Å²) in [5, 5.41) is 4.53. The van der Waals surface area contributed by atoms with Crippen molar-refractivity contribution in [2.45, 2.75) is 4.21 Å². The van der Waals surface area contributed by atoms with Crippen LogP contribution < -0.4 is 14.4 Å². The molecule has 0 atom stereocenters. The number of thiophene rings is 1. The quantitative estimate of drug-likeness (QED) is 0.574. The van der Waals surface area contributed by atoms with E-state index in [4.69, 9.17) is 16.3 Å². The van der Waals surface area contributed by atoms with Crippen LogP contribution in [0.1, 0.15) is 0 Å². The SMILES string of the molecule is COc1ccc(NC(=O)CN(c2ccc(F)cc2)S(=O)(=O)c2cccs2)cc1Cl. The summed E-state index contributed by atoms with van der Waals surface area (Å²) >= 11 is 7.08. The highest BCUT2D eigenvalue weighted by atomic mass is 35.5. The zero-order valence-corrected chi connectivity index (χ0v) is 17.5. The van der Waals surface area contributed by atoms with E-state index in [1.54, 1.807) is 23.6 Å². The first kappa shape index (κ1) is 21.1. The molecule has 0 saturated heterocycles. The summed E-state index contributed by atoms with van der Waals surface area (Å²) in [7, 11) is -2.54. The Kier molecular flexibility index (Phi) is 6.41. The van der Waals surface area contributed by atoms with Crippen LogP contribution in [0.2, 0.25) is 5.02 Å². The molecule has 152 valence electrons. The Morgan fingerprint density at radius 3 is 2.52 bits per heavy atom. The van der Waals surface area contributed by atoms with E-state index in [-0.39, 0.29) is 9.90 Å². The summed E-state index contributed by atoms with van der Waals surface area (Å²) in [5.74, 6) is -0.659. The Hall–Kier alpha value is -2.62. The third kappa shape index (κ3) is 4.87. The van der Waals surface area contributed by atoms with Crippen molar-refractivity contribution in [1.29, 1.82) is 0 Å². The molecule has 1 amide bonds. The van der Waals surface area contributed by atoms with Gasteiger partial charge in [-0.15, -0.1) is 11.3 Å². The Bertz CT molecular complexity index is 1100. The van der Waals surface area contributed by atoms with Crippen LogP contribution in [0.3, 0.4) is 0 Å². The van der Waals surface area contributed by atoms with Crippen molar-refractivity contribution in [2.24, 2.45) is 0 Å². The van der Waals surface area contributed by atoms with Gasteiger partial charge in [0.15, 0.2) is 0 Å². The van der Waals surface area contributed by atoms with Gasteiger partial charge in [0.2, 0.25) is 5.91 Å². The zero-order chi connectivity index (χ0) is 21.0. The van der Waals surface area contributed by atoms with Crippen molar-refractivity contribution >= 4 is 50.2 Å². The lowest BCUT2D eigenvalue weighted by Gasteiger charge is -2.23. The van der Waals surface area contributed by atoms with Crippen molar-refractivity contribution in [3.8, 4) is 5.75 Å². The molecule has 10 heteroatoms. The minimum absolute atomic E-state index is 0.0714. The number of methoxy groups -OCH3 is 1. The van der Waals surface area contributed by atoms with E-state index >= 15 is 0 Å². The number of amides is 1. The first-order valence-corrected chi connectivity index (χ1v) is 11.0. The monoisotopic (exact) mass is 454 g/mol. The largest absolute Gasteiger partial charge is 0.495 e. The predicted molar refractivity (Wildman–Crippen MR) is 112 cm³/mol. The summed E-state index contributed by atoms with van der Waals surface area (Å²) in [4.78, 5) is 12.6. The van der Waals surface area contributed by atoms with Crippen LogP contribution in [0.15, 0.2) is 64.2 Å². The molecule has 0 fully saturated rings. The molecule has 3 aromatic rings. The van der Waals surface area contributed by atoms with Gasteiger partial charge in [0.05, 0.1) is 17.8 Å². The highest BCUT2D eigenvalue weighted by molar-refractivity contribution is 7.94. The number of rotatable bonds is 7. The Morgan fingerprint density at radius 2 is 1.93 bits per heavy atom. The van der Waals surface area contributed by atoms with Gasteiger partial charge in [0.1, 0.15) is 22.3 Å². The summed E-state index contributed by atoms with van der Waals surface area (Å²) in [6.45, 7) is -0.504. The fourth-order valence-corrected chi connectivity index (χ4v) is 5.30. The van der Waals surface area contributed by atoms with Crippen molar-refractivity contribution < 1.29 is 22.3 Å². The number of benzene rings is 2. The standard InChI is InChI=1S/C19H16ClFN2O4S2/c1-27-17-9-6-14(11-16(17)20)22-18(24)12-23(15-7-4-13(21)5-8-15)29(25,26)19-3-2-10-28-19/h2-11H,12H2,1H3,(H,22,24). The predicted octanol–water partition coefficient (Wildman–Crippen LogP) is 4.38. The number of carbonyl (C=O) groups excluding carboxylic acids is 1. The lowest BCUT2D eigenvalue weighted by molar-refractivity contribution is -0.114. The van der Waals surface area contributed by atoms with Crippen LogP contribution in [0, 0.1) is 5.82 Å². The van der Waals surface area contributed by atoms with Gasteiger partial charge in [-0.25, -0.2) is 12.8 Å². The number of anilines is 2. The number of sulfonamides is 1. The Balaban J connectivity index is 1.88. The molecule has 0 unspecified atom stereocenters. The van der Waals surface area contributed by atoms with E-state index in [1.807, 2.05) is 0 Å². The van der Waals surface area contributed by atoms with Gasteiger partial charge in [-0.1, -0.05) is 17.7 Å². The molecule has 3 rings (SSSR count). The van der Waals surface area contributed by atoms with E-state index in [0.717, 1.165) is 27.8 Å². The van der Waals surface area contributed by atoms with Crippen molar-refractivity contribution in [2.75, 3.05) is 23.3 Å². The van der Waals surface area contributed by atoms with Crippen molar-refractivity contribution in [3.63, 3.8) is 0 Å². The molecule has 1 aromatic heterocycles. The minimum Gasteiger partial charge on any atom is -0.495 e. The molecular weight excluding hydrogens is 439 g/mol. The lowest BCUT2D eigenvalue weighted by Crippen LogP contribution is -2.37. The van der Waals surface area contributed by atoms with Crippen molar-refractivity contribution in [3.05, 3.63) is 70.8 Å². The molecule has 0 bridgehead atoms. The van der Waals surface area contributed by atoms with Gasteiger partial charge in [0.25, 0.3) is 10.0 Å². The molecule has 6 nitrogen and oxygen atoms in total. The topological polar surface area (TPSA) is 75.7 Å². The lowest BCUT2D eigenvalue weighted by atomic mass is 10.3. The van der Waals surface area contributed by atoms with E-state index < -0.39 is 28.3 Å². The Morgan fingerprint density at radius 1 is 1.21 bits per heavy atom. The average Bonchev–Trinajstić information content (AvgIpc) is 3.23. The highest BCUT2D eigenvalue weighted by Crippen LogP contribution is 2.29. The smallest absolute Gasteiger partial charge is 0.274 e. The fraction of sp³-hybridized carbons (Fsp3) is 0.105. The van der Waals surface area contributed by atoms with Crippen LogP contribution >= 0.6 is 22.9 Å². The van der Waals surface area contributed by atoms with Gasteiger partial charge in [-0.3, -0.25) is 9.10 Å². The van der Waals surface area contributed by atoms with E-state index in [0.29, 0.717) is 16.5 Å². The molecule has 0 aliphatic carbocycles. The van der Waals surface area contributed by atoms with Gasteiger partial charge >= 0.3 is 0 Å². The second-order valence-corrected chi connectivity index (χ2v) is 9.26. The third-order valence-electron chi connectivity index (χ3n) is 3.88. The molecule has 0 aliphatic rings. The second kappa shape index (κ2) is 8.81. The first-order valence-electron chi connectivity index (χ1n) is 8.26. The molecule has 1 heterocycles. The first-order chi connectivity index (χ1) is 13.8. The summed E-state index contributed by atoms with van der Waals surface area (Å²) in [5.41, 5.74) is 0.552. The van der Waals surface area contributed by atoms with Gasteiger partial charge < -0.3 is 10.1 Å². The molecule has 2 aromatic carbocycles. The third-order valence-corrected chi connectivity index (χ3v) is 7.32. The molecular formula is C19H16ClFN2O4S2. The number of nitrogens with zero attached hydrogens (tertiary/aromatic N) is 1. The number of nitrogens with one attached hydrogen (secondary N) is 1. The van der Waals surface area contributed by atoms with E-state index in [2.05, 4.69) is 5.32 Å². The number of hydrogen-bond donors (Lipinski definition) is 1. The highest BCUT2D eigenvalue weighted by Gasteiger charge is 2.28. The maximum Gasteiger partial charge on any atom is 0.274 e. The molecule has 0 radical (unpaired) electrons. The van der Waals surface area contributed by atoms with E-state index in [9.17, 15) is 17.6 Å². The molecule has 0 spiro atoms. The average molecular weight is 455 g/mol. The Labute approximate surface area is 176 Å².